The third kappa shape index (κ3) is 4.78. The fraction of sp³-hybridized carbons (Fsp3) is 0.476. The van der Waals surface area contributed by atoms with Crippen LogP contribution in [0.25, 0.3) is 0 Å². The molecule has 1 saturated heterocycles. The van der Waals surface area contributed by atoms with Crippen molar-refractivity contribution in [1.82, 2.24) is 19.4 Å². The van der Waals surface area contributed by atoms with E-state index in [0.29, 0.717) is 24.7 Å². The predicted octanol–water partition coefficient (Wildman–Crippen LogP) is 0.782. The molecule has 0 saturated carbocycles. The van der Waals surface area contributed by atoms with E-state index in [0.717, 1.165) is 30.4 Å². The van der Waals surface area contributed by atoms with Crippen LogP contribution >= 0.6 is 0 Å². The van der Waals surface area contributed by atoms with E-state index in [1.54, 1.807) is 0 Å². The highest BCUT2D eigenvalue weighted by Gasteiger charge is 2.26. The molecule has 1 aliphatic heterocycles. The van der Waals surface area contributed by atoms with Crippen molar-refractivity contribution in [2.45, 2.75) is 31.7 Å². The fourth-order valence-corrected chi connectivity index (χ4v) is 3.69. The van der Waals surface area contributed by atoms with Gasteiger partial charge in [0, 0.05) is 44.5 Å². The van der Waals surface area contributed by atoms with Gasteiger partial charge in [0.05, 0.1) is 6.42 Å². The van der Waals surface area contributed by atoms with Crippen LogP contribution in [0.5, 0.6) is 0 Å². The molecule has 0 aliphatic carbocycles. The number of amides is 1. The lowest BCUT2D eigenvalue weighted by Gasteiger charge is -2.37. The first kappa shape index (κ1) is 20.1. The molecule has 0 bridgehead atoms. The van der Waals surface area contributed by atoms with Gasteiger partial charge in [0.15, 0.2) is 0 Å². The molecular formula is C21H28N4O3. The molecule has 1 fully saturated rings. The van der Waals surface area contributed by atoms with E-state index in [1.807, 2.05) is 11.0 Å². The second kappa shape index (κ2) is 9.01. The molecule has 1 atom stereocenters. The third-order valence-electron chi connectivity index (χ3n) is 5.56. The maximum absolute atomic E-state index is 12.7. The van der Waals surface area contributed by atoms with E-state index in [9.17, 15) is 14.4 Å². The van der Waals surface area contributed by atoms with Gasteiger partial charge in [-0.25, -0.2) is 4.79 Å². The smallest absolute Gasteiger partial charge is 0.328 e. The Morgan fingerprint density at radius 3 is 2.75 bits per heavy atom. The number of likely N-dealkylation sites (tertiary alicyclic amines) is 1. The highest BCUT2D eigenvalue weighted by Crippen LogP contribution is 2.16. The lowest BCUT2D eigenvalue weighted by atomic mass is 10.0. The zero-order valence-corrected chi connectivity index (χ0v) is 16.6. The number of benzene rings is 1. The molecule has 1 N–H and O–H groups in total. The van der Waals surface area contributed by atoms with E-state index in [-0.39, 0.29) is 12.3 Å². The number of H-pyrrole nitrogens is 1. The number of carbonyl (C=O) groups is 1. The normalized spacial score (nSPS) is 17.1. The zero-order chi connectivity index (χ0) is 20.1. The maximum Gasteiger partial charge on any atom is 0.328 e. The fourth-order valence-electron chi connectivity index (χ4n) is 3.69. The van der Waals surface area contributed by atoms with Crippen molar-refractivity contribution in [3.05, 3.63) is 68.5 Å². The Hall–Kier alpha value is -2.67. The van der Waals surface area contributed by atoms with E-state index in [1.165, 1.54) is 18.8 Å². The van der Waals surface area contributed by atoms with Crippen LogP contribution in [-0.4, -0.2) is 58.0 Å². The number of aromatic nitrogens is 2. The summed E-state index contributed by atoms with van der Waals surface area (Å²) in [7, 11) is 3.52. The van der Waals surface area contributed by atoms with Crippen LogP contribution in [0.3, 0.4) is 0 Å². The number of nitrogens with one attached hydrogen (secondary N) is 1. The van der Waals surface area contributed by atoms with Gasteiger partial charge in [-0.05, 0) is 31.9 Å². The van der Waals surface area contributed by atoms with Crippen molar-refractivity contribution in [3.63, 3.8) is 0 Å². The van der Waals surface area contributed by atoms with Crippen LogP contribution in [0.15, 0.2) is 46.1 Å². The Balaban J connectivity index is 1.58. The minimum Gasteiger partial charge on any atom is -0.341 e. The second-order valence-electron chi connectivity index (χ2n) is 7.51. The van der Waals surface area contributed by atoms with Crippen LogP contribution < -0.4 is 11.2 Å². The molecule has 2 aromatic rings. The van der Waals surface area contributed by atoms with E-state index in [2.05, 4.69) is 41.2 Å². The Morgan fingerprint density at radius 1 is 1.25 bits per heavy atom. The van der Waals surface area contributed by atoms with Crippen LogP contribution in [0.1, 0.15) is 24.0 Å². The van der Waals surface area contributed by atoms with Gasteiger partial charge in [0.2, 0.25) is 5.91 Å². The number of nitrogens with zero attached hydrogens (tertiary/aromatic N) is 3. The summed E-state index contributed by atoms with van der Waals surface area (Å²) in [6.07, 6.45) is 4.38. The minimum atomic E-state index is -0.473. The number of hydrogen-bond donors (Lipinski definition) is 1. The number of rotatable bonds is 6. The summed E-state index contributed by atoms with van der Waals surface area (Å²) in [5.74, 6) is -0.0645. The quantitative estimate of drug-likeness (QED) is 0.798. The molecule has 7 nitrogen and oxygen atoms in total. The van der Waals surface area contributed by atoms with Crippen molar-refractivity contribution in [1.29, 1.82) is 0 Å². The molecule has 0 unspecified atom stereocenters. The number of aromatic amines is 1. The Labute approximate surface area is 164 Å². The number of carbonyl (C=O) groups excluding carboxylic acids is 1. The molecule has 1 amide bonds. The standard InChI is InChI=1S/C21H28N4O3/c1-23(12-10-16-7-4-3-5-8-16)18-9-6-11-25(15-18)19(26)13-17-14-22-21(28)24(2)20(17)27/h3-5,7-8,14,18H,6,9-13,15H2,1-2H3,(H,22,28)/t18-/m0/s1. The van der Waals surface area contributed by atoms with Gasteiger partial charge >= 0.3 is 5.69 Å². The summed E-state index contributed by atoms with van der Waals surface area (Å²) in [5.41, 5.74) is 0.753. The SMILES string of the molecule is CN(CCc1ccccc1)[C@H]1CCCN(C(=O)Cc2c[nH]c(=O)n(C)c2=O)C1. The van der Waals surface area contributed by atoms with Crippen molar-refractivity contribution >= 4 is 5.91 Å². The topological polar surface area (TPSA) is 78.4 Å². The summed E-state index contributed by atoms with van der Waals surface area (Å²) >= 11 is 0. The van der Waals surface area contributed by atoms with Gasteiger partial charge in [-0.2, -0.15) is 0 Å². The molecule has 7 heteroatoms. The van der Waals surface area contributed by atoms with Crippen LogP contribution in [-0.2, 0) is 24.7 Å². The van der Waals surface area contributed by atoms with Gasteiger partial charge in [-0.3, -0.25) is 14.2 Å². The van der Waals surface area contributed by atoms with Crippen molar-refractivity contribution in [3.8, 4) is 0 Å². The van der Waals surface area contributed by atoms with Crippen LogP contribution in [0.4, 0.5) is 0 Å². The lowest BCUT2D eigenvalue weighted by Crippen LogP contribution is -2.49. The number of hydrogen-bond acceptors (Lipinski definition) is 4. The van der Waals surface area contributed by atoms with Gasteiger partial charge in [0.25, 0.3) is 5.56 Å². The van der Waals surface area contributed by atoms with Crippen molar-refractivity contribution in [2.24, 2.45) is 7.05 Å². The van der Waals surface area contributed by atoms with Gasteiger partial charge in [0.1, 0.15) is 0 Å². The highest BCUT2D eigenvalue weighted by molar-refractivity contribution is 5.78. The van der Waals surface area contributed by atoms with Crippen LogP contribution in [0.2, 0.25) is 0 Å². The lowest BCUT2D eigenvalue weighted by molar-refractivity contribution is -0.132. The molecule has 1 aliphatic rings. The molecule has 1 aromatic carbocycles. The molecule has 28 heavy (non-hydrogen) atoms. The average molecular weight is 384 g/mol. The van der Waals surface area contributed by atoms with Crippen molar-refractivity contribution < 1.29 is 4.79 Å². The molecule has 0 radical (unpaired) electrons. The highest BCUT2D eigenvalue weighted by atomic mass is 16.2. The van der Waals surface area contributed by atoms with E-state index >= 15 is 0 Å². The first-order valence-electron chi connectivity index (χ1n) is 9.75. The largest absolute Gasteiger partial charge is 0.341 e. The average Bonchev–Trinajstić information content (AvgIpc) is 2.73. The molecule has 1 aromatic heterocycles. The van der Waals surface area contributed by atoms with Crippen LogP contribution in [0, 0.1) is 0 Å². The monoisotopic (exact) mass is 384 g/mol. The first-order valence-corrected chi connectivity index (χ1v) is 9.75. The van der Waals surface area contributed by atoms with Gasteiger partial charge in [-0.1, -0.05) is 30.3 Å². The zero-order valence-electron chi connectivity index (χ0n) is 16.6. The Kier molecular flexibility index (Phi) is 6.46. The maximum atomic E-state index is 12.7. The number of piperidine rings is 1. The van der Waals surface area contributed by atoms with Crippen molar-refractivity contribution in [2.75, 3.05) is 26.7 Å². The molecular weight excluding hydrogens is 356 g/mol. The van der Waals surface area contributed by atoms with E-state index in [4.69, 9.17) is 0 Å². The summed E-state index contributed by atoms with van der Waals surface area (Å²) in [6, 6.07) is 10.7. The molecule has 150 valence electrons. The Bertz CT molecular complexity index is 919. The van der Waals surface area contributed by atoms with Gasteiger partial charge in [-0.15, -0.1) is 0 Å². The van der Waals surface area contributed by atoms with E-state index < -0.39 is 11.2 Å². The predicted molar refractivity (Wildman–Crippen MR) is 108 cm³/mol. The molecule has 2 heterocycles. The second-order valence-corrected chi connectivity index (χ2v) is 7.51. The Morgan fingerprint density at radius 2 is 2.00 bits per heavy atom. The molecule has 0 spiro atoms. The summed E-state index contributed by atoms with van der Waals surface area (Å²) in [6.45, 7) is 2.33. The first-order chi connectivity index (χ1) is 13.5. The third-order valence-corrected chi connectivity index (χ3v) is 5.56. The minimum absolute atomic E-state index is 0.0178. The summed E-state index contributed by atoms with van der Waals surface area (Å²) in [4.78, 5) is 43.0. The summed E-state index contributed by atoms with van der Waals surface area (Å²) in [5, 5.41) is 0. The number of likely N-dealkylation sites (N-methyl/N-ethyl adjacent to an activating group) is 1. The summed E-state index contributed by atoms with van der Waals surface area (Å²) < 4.78 is 0.999. The molecule has 3 rings (SSSR count). The van der Waals surface area contributed by atoms with Gasteiger partial charge < -0.3 is 14.8 Å².